The first-order chi connectivity index (χ1) is 11.6. The van der Waals surface area contributed by atoms with Crippen LogP contribution in [0.3, 0.4) is 0 Å². The van der Waals surface area contributed by atoms with Crippen LogP contribution in [0.1, 0.15) is 21.6 Å². The lowest BCUT2D eigenvalue weighted by atomic mass is 10.1. The van der Waals surface area contributed by atoms with E-state index in [9.17, 15) is 13.6 Å². The Morgan fingerprint density at radius 1 is 0.958 bits per heavy atom. The van der Waals surface area contributed by atoms with Gasteiger partial charge in [0.1, 0.15) is 11.6 Å². The molecule has 24 heavy (non-hydrogen) atoms. The number of amides is 1. The molecule has 0 aliphatic carbocycles. The van der Waals surface area contributed by atoms with Gasteiger partial charge in [0, 0.05) is 30.2 Å². The highest BCUT2D eigenvalue weighted by Crippen LogP contribution is 2.29. The Morgan fingerprint density at radius 2 is 1.79 bits per heavy atom. The number of nitrogens with zero attached hydrogens (tertiary/aromatic N) is 2. The van der Waals surface area contributed by atoms with Crippen LogP contribution in [0.4, 0.5) is 14.5 Å². The molecule has 0 fully saturated rings. The van der Waals surface area contributed by atoms with E-state index in [4.69, 9.17) is 0 Å². The van der Waals surface area contributed by atoms with E-state index in [0.717, 1.165) is 29.1 Å². The molecule has 2 aromatic carbocycles. The average molecular weight is 324 g/mol. The number of fused-ring (bicyclic) bond motifs is 2. The number of hydrogen-bond acceptors (Lipinski definition) is 1. The fourth-order valence-electron chi connectivity index (χ4n) is 3.08. The molecule has 5 heteroatoms. The third-order valence-corrected chi connectivity index (χ3v) is 4.27. The molecule has 0 bridgehead atoms. The molecule has 120 valence electrons. The lowest BCUT2D eigenvalue weighted by Gasteiger charge is -2.23. The van der Waals surface area contributed by atoms with Crippen LogP contribution >= 0.6 is 0 Å². The van der Waals surface area contributed by atoms with Gasteiger partial charge in [-0.3, -0.25) is 4.79 Å². The molecule has 3 nitrogen and oxygen atoms in total. The molecule has 0 radical (unpaired) electrons. The van der Waals surface area contributed by atoms with E-state index in [1.165, 1.54) is 6.07 Å². The zero-order valence-electron chi connectivity index (χ0n) is 12.7. The summed E-state index contributed by atoms with van der Waals surface area (Å²) in [6.45, 7) is 0.980. The van der Waals surface area contributed by atoms with Gasteiger partial charge in [0.15, 0.2) is 0 Å². The van der Waals surface area contributed by atoms with E-state index < -0.39 is 17.5 Å². The predicted octanol–water partition coefficient (Wildman–Crippen LogP) is 3.98. The van der Waals surface area contributed by atoms with Crippen LogP contribution in [0, 0.1) is 11.6 Å². The number of benzene rings is 2. The van der Waals surface area contributed by atoms with Crippen LogP contribution in [0.25, 0.3) is 0 Å². The summed E-state index contributed by atoms with van der Waals surface area (Å²) in [6, 6.07) is 14.4. The fourth-order valence-corrected chi connectivity index (χ4v) is 3.08. The number of carbonyl (C=O) groups excluding carboxylic acids is 1. The Kier molecular flexibility index (Phi) is 3.41. The molecule has 0 saturated carbocycles. The minimum absolute atomic E-state index is 0.133. The van der Waals surface area contributed by atoms with Crippen LogP contribution in [0.2, 0.25) is 0 Å². The molecule has 1 aliphatic rings. The van der Waals surface area contributed by atoms with Crippen LogP contribution < -0.4 is 4.90 Å². The second-order valence-electron chi connectivity index (χ2n) is 5.77. The van der Waals surface area contributed by atoms with Gasteiger partial charge in [-0.15, -0.1) is 0 Å². The number of para-hydroxylation sites is 1. The number of hydrogen-bond donors (Lipinski definition) is 0. The quantitative estimate of drug-likeness (QED) is 0.665. The maximum atomic E-state index is 14.1. The Morgan fingerprint density at radius 3 is 2.62 bits per heavy atom. The molecule has 1 aromatic heterocycles. The molecule has 1 amide bonds. The van der Waals surface area contributed by atoms with Crippen molar-refractivity contribution in [2.24, 2.45) is 0 Å². The summed E-state index contributed by atoms with van der Waals surface area (Å²) in [5.41, 5.74) is 2.55. The summed E-state index contributed by atoms with van der Waals surface area (Å²) >= 11 is 0. The highest BCUT2D eigenvalue weighted by atomic mass is 19.1. The summed E-state index contributed by atoms with van der Waals surface area (Å²) < 4.78 is 29.3. The molecule has 1 aliphatic heterocycles. The number of aromatic nitrogens is 1. The van der Waals surface area contributed by atoms with Crippen LogP contribution in [-0.4, -0.2) is 10.5 Å². The Bertz CT molecular complexity index is 933. The second kappa shape index (κ2) is 5.60. The third kappa shape index (κ3) is 2.38. The largest absolute Gasteiger partial charge is 0.345 e. The standard InChI is InChI=1S/C19H14F2N2O/c20-14-7-8-16(17(21)10-14)19(24)23-12-15-5-3-9-22(15)11-13-4-1-2-6-18(13)23/h1-10H,11-12H2. The van der Waals surface area contributed by atoms with Gasteiger partial charge >= 0.3 is 0 Å². The monoisotopic (exact) mass is 324 g/mol. The number of anilines is 1. The summed E-state index contributed by atoms with van der Waals surface area (Å²) in [6.07, 6.45) is 1.96. The van der Waals surface area contributed by atoms with Crippen molar-refractivity contribution < 1.29 is 13.6 Å². The van der Waals surface area contributed by atoms with Crippen molar-refractivity contribution >= 4 is 11.6 Å². The average Bonchev–Trinajstić information content (AvgIpc) is 2.93. The molecule has 0 unspecified atom stereocenters. The van der Waals surface area contributed by atoms with Crippen molar-refractivity contribution in [1.82, 2.24) is 4.57 Å². The first-order valence-corrected chi connectivity index (χ1v) is 7.62. The molecule has 2 heterocycles. The molecule has 4 rings (SSSR count). The van der Waals surface area contributed by atoms with E-state index in [1.807, 2.05) is 42.6 Å². The second-order valence-corrected chi connectivity index (χ2v) is 5.77. The molecular weight excluding hydrogens is 310 g/mol. The van der Waals surface area contributed by atoms with Gasteiger partial charge < -0.3 is 9.47 Å². The molecule has 0 atom stereocenters. The summed E-state index contributed by atoms with van der Waals surface area (Å²) in [4.78, 5) is 14.5. The fraction of sp³-hybridized carbons (Fsp3) is 0.105. The zero-order chi connectivity index (χ0) is 16.7. The van der Waals surface area contributed by atoms with Crippen molar-refractivity contribution in [3.8, 4) is 0 Å². The Labute approximate surface area is 137 Å². The summed E-state index contributed by atoms with van der Waals surface area (Å²) in [7, 11) is 0. The van der Waals surface area contributed by atoms with Gasteiger partial charge in [0.05, 0.1) is 12.1 Å². The van der Waals surface area contributed by atoms with Gasteiger partial charge in [-0.05, 0) is 35.9 Å². The van der Waals surface area contributed by atoms with Crippen molar-refractivity contribution in [2.45, 2.75) is 13.1 Å². The Balaban J connectivity index is 1.83. The van der Waals surface area contributed by atoms with Crippen molar-refractivity contribution in [3.05, 3.63) is 89.2 Å². The lowest BCUT2D eigenvalue weighted by Crippen LogP contribution is -2.31. The van der Waals surface area contributed by atoms with Gasteiger partial charge in [-0.2, -0.15) is 0 Å². The number of carbonyl (C=O) groups is 1. The zero-order valence-corrected chi connectivity index (χ0v) is 12.7. The van der Waals surface area contributed by atoms with Gasteiger partial charge in [-0.1, -0.05) is 18.2 Å². The van der Waals surface area contributed by atoms with Crippen molar-refractivity contribution in [1.29, 1.82) is 0 Å². The summed E-state index contributed by atoms with van der Waals surface area (Å²) in [5, 5.41) is 0. The SMILES string of the molecule is O=C(c1ccc(F)cc1F)N1Cc2cccn2Cc2ccccc21. The lowest BCUT2D eigenvalue weighted by molar-refractivity contribution is 0.0981. The highest BCUT2D eigenvalue weighted by molar-refractivity contribution is 6.06. The van der Waals surface area contributed by atoms with Gasteiger partial charge in [-0.25, -0.2) is 8.78 Å². The first kappa shape index (κ1) is 14.6. The molecular formula is C19H14F2N2O. The normalized spacial score (nSPS) is 13.2. The van der Waals surface area contributed by atoms with Crippen LogP contribution in [0.15, 0.2) is 60.8 Å². The van der Waals surface area contributed by atoms with Gasteiger partial charge in [0.25, 0.3) is 5.91 Å². The van der Waals surface area contributed by atoms with E-state index in [1.54, 1.807) is 4.90 Å². The number of rotatable bonds is 1. The molecule has 0 saturated heterocycles. The molecule has 3 aromatic rings. The van der Waals surface area contributed by atoms with Crippen LogP contribution in [-0.2, 0) is 13.1 Å². The van der Waals surface area contributed by atoms with E-state index >= 15 is 0 Å². The van der Waals surface area contributed by atoms with Crippen molar-refractivity contribution in [2.75, 3.05) is 4.90 Å². The minimum Gasteiger partial charge on any atom is -0.345 e. The van der Waals surface area contributed by atoms with E-state index in [0.29, 0.717) is 13.1 Å². The predicted molar refractivity (Wildman–Crippen MR) is 86.8 cm³/mol. The van der Waals surface area contributed by atoms with E-state index in [2.05, 4.69) is 4.57 Å². The third-order valence-electron chi connectivity index (χ3n) is 4.27. The number of halogens is 2. The highest BCUT2D eigenvalue weighted by Gasteiger charge is 2.26. The smallest absolute Gasteiger partial charge is 0.261 e. The maximum absolute atomic E-state index is 14.1. The van der Waals surface area contributed by atoms with E-state index in [-0.39, 0.29) is 5.56 Å². The Hall–Kier alpha value is -2.95. The van der Waals surface area contributed by atoms with Crippen molar-refractivity contribution in [3.63, 3.8) is 0 Å². The maximum Gasteiger partial charge on any atom is 0.261 e. The molecule has 0 spiro atoms. The van der Waals surface area contributed by atoms with Crippen LogP contribution in [0.5, 0.6) is 0 Å². The summed E-state index contributed by atoms with van der Waals surface area (Å²) in [5.74, 6) is -2.03. The minimum atomic E-state index is -0.850. The first-order valence-electron chi connectivity index (χ1n) is 7.62. The molecule has 0 N–H and O–H groups in total. The topological polar surface area (TPSA) is 25.2 Å². The van der Waals surface area contributed by atoms with Gasteiger partial charge in [0.2, 0.25) is 0 Å².